The van der Waals surface area contributed by atoms with E-state index >= 15 is 0 Å². The fourth-order valence-electron chi connectivity index (χ4n) is 1.74. The monoisotopic (exact) mass is 282 g/mol. The number of aliphatic carboxylic acids is 1. The molecule has 110 valence electrons. The predicted octanol–water partition coefficient (Wildman–Crippen LogP) is -0.885. The summed E-state index contributed by atoms with van der Waals surface area (Å²) in [4.78, 5) is 22.3. The molecule has 0 aliphatic heterocycles. The molecule has 20 heavy (non-hydrogen) atoms. The zero-order valence-corrected chi connectivity index (χ0v) is 11.0. The molecule has 1 amide bonds. The molecule has 2 unspecified atom stereocenters. The summed E-state index contributed by atoms with van der Waals surface area (Å²) in [6.45, 7) is -0.353. The number of carboxylic acid groups (broad SMARTS) is 1. The number of carbonyl (C=O) groups is 2. The average Bonchev–Trinajstić information content (AvgIpc) is 2.44. The highest BCUT2D eigenvalue weighted by Gasteiger charge is 2.23. The third-order valence-corrected chi connectivity index (χ3v) is 2.70. The molecule has 5 N–H and O–H groups in total. The van der Waals surface area contributed by atoms with Crippen LogP contribution in [0.3, 0.4) is 0 Å². The highest BCUT2D eigenvalue weighted by Crippen LogP contribution is 2.21. The molecule has 1 aromatic rings. The lowest BCUT2D eigenvalue weighted by Gasteiger charge is -2.20. The Morgan fingerprint density at radius 1 is 1.25 bits per heavy atom. The Kier molecular flexibility index (Phi) is 6.10. The van der Waals surface area contributed by atoms with Gasteiger partial charge in [0.1, 0.15) is 12.6 Å². The number of benzene rings is 1. The second kappa shape index (κ2) is 7.59. The van der Waals surface area contributed by atoms with Gasteiger partial charge in [-0.1, -0.05) is 18.2 Å². The molecule has 1 aromatic carbocycles. The number of hydrogen-bond donors (Lipinski definition) is 5. The van der Waals surface area contributed by atoms with Crippen LogP contribution in [0.25, 0.3) is 0 Å². The number of carboxylic acids is 1. The van der Waals surface area contributed by atoms with Gasteiger partial charge < -0.3 is 26.0 Å². The van der Waals surface area contributed by atoms with Gasteiger partial charge in [0.25, 0.3) is 5.91 Å². The minimum absolute atomic E-state index is 0.136. The third-order valence-electron chi connectivity index (χ3n) is 2.70. The van der Waals surface area contributed by atoms with Crippen LogP contribution in [0.5, 0.6) is 0 Å². The molecule has 0 heterocycles. The average molecular weight is 282 g/mol. The van der Waals surface area contributed by atoms with E-state index < -0.39 is 30.6 Å². The third kappa shape index (κ3) is 4.30. The zero-order valence-electron chi connectivity index (χ0n) is 11.0. The lowest BCUT2D eigenvalue weighted by Crippen LogP contribution is -2.33. The standard InChI is InChI=1S/C13H18N2O5/c1-14-6-10(16)12(19)8-4-2-3-5-9(8)13(20)15-7-11(17)18/h2-5,10,12,14,16,19H,6-7H2,1H3,(H,15,20)(H,17,18). The molecule has 0 bridgehead atoms. The van der Waals surface area contributed by atoms with Crippen LogP contribution in [0, 0.1) is 0 Å². The van der Waals surface area contributed by atoms with Crippen molar-refractivity contribution in [3.63, 3.8) is 0 Å². The van der Waals surface area contributed by atoms with Crippen molar-refractivity contribution in [3.05, 3.63) is 35.4 Å². The maximum atomic E-state index is 11.9. The van der Waals surface area contributed by atoms with Crippen molar-refractivity contribution < 1.29 is 24.9 Å². The predicted molar refractivity (Wildman–Crippen MR) is 71.3 cm³/mol. The lowest BCUT2D eigenvalue weighted by atomic mass is 9.98. The van der Waals surface area contributed by atoms with Crippen molar-refractivity contribution >= 4 is 11.9 Å². The molecule has 7 nitrogen and oxygen atoms in total. The van der Waals surface area contributed by atoms with Gasteiger partial charge in [0, 0.05) is 12.1 Å². The van der Waals surface area contributed by atoms with Gasteiger partial charge >= 0.3 is 5.97 Å². The first-order chi connectivity index (χ1) is 9.47. The fraction of sp³-hybridized carbons (Fsp3) is 0.385. The number of likely N-dealkylation sites (N-methyl/N-ethyl adjacent to an activating group) is 1. The molecule has 0 aliphatic carbocycles. The summed E-state index contributed by atoms with van der Waals surface area (Å²) < 4.78 is 0. The van der Waals surface area contributed by atoms with Crippen molar-refractivity contribution in [1.29, 1.82) is 0 Å². The zero-order chi connectivity index (χ0) is 15.1. The van der Waals surface area contributed by atoms with Crippen molar-refractivity contribution in [2.24, 2.45) is 0 Å². The Balaban J connectivity index is 2.92. The lowest BCUT2D eigenvalue weighted by molar-refractivity contribution is -0.135. The smallest absolute Gasteiger partial charge is 0.322 e. The molecule has 0 saturated heterocycles. The minimum atomic E-state index is -1.24. The largest absolute Gasteiger partial charge is 0.480 e. The van der Waals surface area contributed by atoms with Crippen LogP contribution < -0.4 is 10.6 Å². The van der Waals surface area contributed by atoms with Crippen LogP contribution in [0.4, 0.5) is 0 Å². The number of aliphatic hydroxyl groups is 2. The molecule has 0 aliphatic rings. The topological polar surface area (TPSA) is 119 Å². The molecule has 2 atom stereocenters. The maximum Gasteiger partial charge on any atom is 0.322 e. The summed E-state index contributed by atoms with van der Waals surface area (Å²) in [5, 5.41) is 33.3. The summed E-state index contributed by atoms with van der Waals surface area (Å²) in [7, 11) is 1.63. The van der Waals surface area contributed by atoms with Gasteiger partial charge in [0.15, 0.2) is 0 Å². The van der Waals surface area contributed by atoms with Crippen LogP contribution in [-0.2, 0) is 4.79 Å². The summed E-state index contributed by atoms with van der Waals surface area (Å²) >= 11 is 0. The molecule has 0 spiro atoms. The van der Waals surface area contributed by atoms with E-state index in [1.54, 1.807) is 19.2 Å². The van der Waals surface area contributed by atoms with Gasteiger partial charge in [-0.2, -0.15) is 0 Å². The van der Waals surface area contributed by atoms with Crippen LogP contribution in [0.1, 0.15) is 22.0 Å². The van der Waals surface area contributed by atoms with E-state index in [4.69, 9.17) is 5.11 Å². The Bertz CT molecular complexity index is 478. The molecule has 7 heteroatoms. The van der Waals surface area contributed by atoms with Crippen molar-refractivity contribution in [2.45, 2.75) is 12.2 Å². The van der Waals surface area contributed by atoms with E-state index in [2.05, 4.69) is 10.6 Å². The van der Waals surface area contributed by atoms with Gasteiger partial charge in [-0.05, 0) is 18.7 Å². The summed E-state index contributed by atoms with van der Waals surface area (Å²) in [6.07, 6.45) is -2.32. The van der Waals surface area contributed by atoms with Gasteiger partial charge in [0.2, 0.25) is 0 Å². The normalized spacial score (nSPS) is 13.6. The SMILES string of the molecule is CNCC(O)C(O)c1ccccc1C(=O)NCC(=O)O. The first kappa shape index (κ1) is 16.1. The molecular weight excluding hydrogens is 264 g/mol. The molecule has 1 rings (SSSR count). The minimum Gasteiger partial charge on any atom is -0.480 e. The van der Waals surface area contributed by atoms with E-state index in [1.165, 1.54) is 12.1 Å². The van der Waals surface area contributed by atoms with E-state index in [-0.39, 0.29) is 17.7 Å². The number of aliphatic hydroxyl groups excluding tert-OH is 2. The number of rotatable bonds is 7. The van der Waals surface area contributed by atoms with Crippen LogP contribution in [0.15, 0.2) is 24.3 Å². The summed E-state index contributed by atoms with van der Waals surface area (Å²) in [6, 6.07) is 6.19. The van der Waals surface area contributed by atoms with E-state index in [1.807, 2.05) is 0 Å². The Morgan fingerprint density at radius 3 is 2.50 bits per heavy atom. The maximum absolute atomic E-state index is 11.9. The Labute approximate surface area is 116 Å². The molecule has 0 saturated carbocycles. The van der Waals surface area contributed by atoms with Crippen molar-refractivity contribution in [3.8, 4) is 0 Å². The first-order valence-electron chi connectivity index (χ1n) is 6.07. The van der Waals surface area contributed by atoms with Gasteiger partial charge in [0.05, 0.1) is 6.10 Å². The number of carbonyl (C=O) groups excluding carboxylic acids is 1. The Morgan fingerprint density at radius 2 is 1.90 bits per heavy atom. The summed E-state index contributed by atoms with van der Waals surface area (Å²) in [5.41, 5.74) is 0.384. The van der Waals surface area contributed by atoms with E-state index in [9.17, 15) is 19.8 Å². The first-order valence-corrected chi connectivity index (χ1v) is 6.07. The van der Waals surface area contributed by atoms with Gasteiger partial charge in [-0.25, -0.2) is 0 Å². The molecule has 0 fully saturated rings. The van der Waals surface area contributed by atoms with Crippen LogP contribution in [-0.4, -0.2) is 53.4 Å². The van der Waals surface area contributed by atoms with Crippen LogP contribution >= 0.6 is 0 Å². The van der Waals surface area contributed by atoms with Crippen molar-refractivity contribution in [2.75, 3.05) is 20.1 Å². The molecule has 0 radical (unpaired) electrons. The molecular formula is C13H18N2O5. The highest BCUT2D eigenvalue weighted by atomic mass is 16.4. The van der Waals surface area contributed by atoms with Crippen molar-refractivity contribution in [1.82, 2.24) is 10.6 Å². The number of amides is 1. The van der Waals surface area contributed by atoms with E-state index in [0.29, 0.717) is 0 Å². The van der Waals surface area contributed by atoms with Crippen LogP contribution in [0.2, 0.25) is 0 Å². The van der Waals surface area contributed by atoms with E-state index in [0.717, 1.165) is 0 Å². The number of hydrogen-bond acceptors (Lipinski definition) is 5. The summed E-state index contributed by atoms with van der Waals surface area (Å²) in [5.74, 6) is -1.77. The second-order valence-electron chi connectivity index (χ2n) is 4.23. The quantitative estimate of drug-likeness (QED) is 0.443. The van der Waals surface area contributed by atoms with Gasteiger partial charge in [-0.3, -0.25) is 9.59 Å². The second-order valence-corrected chi connectivity index (χ2v) is 4.23. The Hall–Kier alpha value is -1.96. The highest BCUT2D eigenvalue weighted by molar-refractivity contribution is 5.97. The fourth-order valence-corrected chi connectivity index (χ4v) is 1.74. The number of nitrogens with one attached hydrogen (secondary N) is 2. The van der Waals surface area contributed by atoms with Gasteiger partial charge in [-0.15, -0.1) is 0 Å². The molecule has 0 aromatic heterocycles.